The molecule has 0 radical (unpaired) electrons. The zero-order valence-electron chi connectivity index (χ0n) is 15.2. The Morgan fingerprint density at radius 2 is 2.08 bits per heavy atom. The average Bonchev–Trinajstić information content (AvgIpc) is 3.07. The summed E-state index contributed by atoms with van der Waals surface area (Å²) in [5, 5.41) is 4.81. The summed E-state index contributed by atoms with van der Waals surface area (Å²) in [5.74, 6) is -0.989. The number of fused-ring (bicyclic) bond motifs is 1. The van der Waals surface area contributed by atoms with E-state index in [-0.39, 0.29) is 29.2 Å². The summed E-state index contributed by atoms with van der Waals surface area (Å²) in [6.45, 7) is 12.4. The second-order valence-electron chi connectivity index (χ2n) is 7.09. The quantitative estimate of drug-likeness (QED) is 0.439. The van der Waals surface area contributed by atoms with E-state index in [1.54, 1.807) is 6.07 Å². The molecule has 1 aliphatic rings. The maximum atomic E-state index is 12.8. The second-order valence-corrected chi connectivity index (χ2v) is 7.09. The van der Waals surface area contributed by atoms with Crippen molar-refractivity contribution in [3.63, 3.8) is 0 Å². The number of rotatable bonds is 6. The number of cyclic esters (lactones) is 1. The molecule has 1 aromatic heterocycles. The lowest BCUT2D eigenvalue weighted by molar-refractivity contribution is -0.164. The smallest absolute Gasteiger partial charge is 0.309 e. The fourth-order valence-corrected chi connectivity index (χ4v) is 3.42. The van der Waals surface area contributed by atoms with Crippen LogP contribution in [0.2, 0.25) is 0 Å². The number of nitrogens with zero attached hydrogens (tertiary/aromatic N) is 1. The van der Waals surface area contributed by atoms with Crippen molar-refractivity contribution < 1.29 is 18.8 Å². The van der Waals surface area contributed by atoms with Gasteiger partial charge < -0.3 is 9.26 Å². The molecule has 2 unspecified atom stereocenters. The molecule has 1 aromatic carbocycles. The van der Waals surface area contributed by atoms with Crippen LogP contribution < -0.4 is 0 Å². The van der Waals surface area contributed by atoms with Gasteiger partial charge >= 0.3 is 5.97 Å². The van der Waals surface area contributed by atoms with Crippen LogP contribution >= 0.6 is 0 Å². The van der Waals surface area contributed by atoms with Crippen LogP contribution in [0.15, 0.2) is 47.5 Å². The lowest BCUT2D eigenvalue weighted by Crippen LogP contribution is -2.41. The van der Waals surface area contributed by atoms with Crippen molar-refractivity contribution in [3.8, 4) is 0 Å². The summed E-state index contributed by atoms with van der Waals surface area (Å²) in [6.07, 6.45) is 1.63. The summed E-state index contributed by atoms with van der Waals surface area (Å²) in [6, 6.07) is 7.37. The molecule has 5 nitrogen and oxygen atoms in total. The van der Waals surface area contributed by atoms with E-state index in [1.165, 1.54) is 0 Å². The topological polar surface area (TPSA) is 69.4 Å². The molecule has 2 atom stereocenters. The van der Waals surface area contributed by atoms with Gasteiger partial charge in [0.15, 0.2) is 11.4 Å². The Bertz CT molecular complexity index is 894. The predicted molar refractivity (Wildman–Crippen MR) is 99.3 cm³/mol. The predicted octanol–water partition coefficient (Wildman–Crippen LogP) is 4.34. The van der Waals surface area contributed by atoms with Gasteiger partial charge in [-0.15, -0.1) is 0 Å². The zero-order chi connectivity index (χ0) is 18.9. The van der Waals surface area contributed by atoms with E-state index in [9.17, 15) is 9.59 Å². The van der Waals surface area contributed by atoms with E-state index in [0.717, 1.165) is 18.2 Å². The highest BCUT2D eigenvalue weighted by atomic mass is 16.5. The summed E-state index contributed by atoms with van der Waals surface area (Å²) in [5.41, 5.74) is 1.55. The number of esters is 1. The van der Waals surface area contributed by atoms with Crippen LogP contribution in [-0.2, 0) is 14.3 Å². The van der Waals surface area contributed by atoms with E-state index < -0.39 is 5.92 Å². The zero-order valence-corrected chi connectivity index (χ0v) is 15.2. The Balaban J connectivity index is 1.80. The number of ether oxygens (including phenoxy) is 1. The lowest BCUT2D eigenvalue weighted by atomic mass is 9.69. The van der Waals surface area contributed by atoms with Gasteiger partial charge in [0.25, 0.3) is 0 Å². The molecule has 0 saturated carbocycles. The Morgan fingerprint density at radius 3 is 2.81 bits per heavy atom. The van der Waals surface area contributed by atoms with Gasteiger partial charge in [0, 0.05) is 23.0 Å². The van der Waals surface area contributed by atoms with Gasteiger partial charge in [-0.05, 0) is 30.4 Å². The number of hydrogen-bond donors (Lipinski definition) is 0. The summed E-state index contributed by atoms with van der Waals surface area (Å²) < 4.78 is 10.5. The SMILES string of the molecule is C=C(C(=C)c1noc2ccccc12)C(=O)CC1C(=O)OCCC1(C)CC. The van der Waals surface area contributed by atoms with Crippen molar-refractivity contribution in [2.45, 2.75) is 33.1 Å². The molecular weight excluding hydrogens is 330 g/mol. The van der Waals surface area contributed by atoms with Gasteiger partial charge in [-0.3, -0.25) is 9.59 Å². The molecule has 0 bridgehead atoms. The Morgan fingerprint density at radius 1 is 1.35 bits per heavy atom. The monoisotopic (exact) mass is 353 g/mol. The largest absolute Gasteiger partial charge is 0.465 e. The lowest BCUT2D eigenvalue weighted by Gasteiger charge is -2.39. The number of para-hydroxylation sites is 1. The molecule has 26 heavy (non-hydrogen) atoms. The first-order chi connectivity index (χ1) is 12.4. The number of benzene rings is 1. The number of hydrogen-bond acceptors (Lipinski definition) is 5. The molecule has 3 rings (SSSR count). The van der Waals surface area contributed by atoms with Crippen LogP contribution in [0.5, 0.6) is 0 Å². The van der Waals surface area contributed by atoms with E-state index >= 15 is 0 Å². The fraction of sp³-hybridized carbons (Fsp3) is 0.381. The van der Waals surface area contributed by atoms with Crippen LogP contribution in [0.25, 0.3) is 16.5 Å². The Labute approximate surface area is 152 Å². The molecule has 0 N–H and O–H groups in total. The van der Waals surface area contributed by atoms with Crippen molar-refractivity contribution in [2.75, 3.05) is 6.61 Å². The maximum Gasteiger partial charge on any atom is 0.309 e. The molecule has 1 aliphatic heterocycles. The first kappa shape index (κ1) is 18.1. The third-order valence-corrected chi connectivity index (χ3v) is 5.60. The van der Waals surface area contributed by atoms with Gasteiger partial charge in [0.2, 0.25) is 0 Å². The molecule has 136 valence electrons. The molecule has 0 spiro atoms. The number of carbonyl (C=O) groups is 2. The summed E-state index contributed by atoms with van der Waals surface area (Å²) in [4.78, 5) is 25.1. The minimum absolute atomic E-state index is 0.0663. The van der Waals surface area contributed by atoms with Crippen LogP contribution in [-0.4, -0.2) is 23.5 Å². The molecule has 2 aromatic rings. The highest BCUT2D eigenvalue weighted by Gasteiger charge is 2.43. The van der Waals surface area contributed by atoms with Crippen LogP contribution in [0.4, 0.5) is 0 Å². The molecule has 2 heterocycles. The standard InChI is InChI=1S/C21H23NO4/c1-5-21(4)10-11-25-20(24)16(21)12-17(23)13(2)14(3)19-15-8-6-7-9-18(15)26-22-19/h6-9,16H,2-3,5,10-12H2,1,4H3. The molecule has 5 heteroatoms. The van der Waals surface area contributed by atoms with Gasteiger partial charge in [-0.2, -0.15) is 0 Å². The van der Waals surface area contributed by atoms with Crippen molar-refractivity contribution in [1.29, 1.82) is 0 Å². The third-order valence-electron chi connectivity index (χ3n) is 5.60. The Kier molecular flexibility index (Phi) is 4.81. The number of allylic oxidation sites excluding steroid dienone is 2. The number of aromatic nitrogens is 1. The van der Waals surface area contributed by atoms with Crippen molar-refractivity contribution in [2.24, 2.45) is 11.3 Å². The molecule has 0 aliphatic carbocycles. The van der Waals surface area contributed by atoms with Crippen molar-refractivity contribution in [3.05, 3.63) is 48.7 Å². The van der Waals surface area contributed by atoms with Crippen LogP contribution in [0, 0.1) is 11.3 Å². The van der Waals surface area contributed by atoms with E-state index in [2.05, 4.69) is 18.3 Å². The number of ketones is 1. The molecule has 1 saturated heterocycles. The van der Waals surface area contributed by atoms with E-state index in [1.807, 2.05) is 32.0 Å². The van der Waals surface area contributed by atoms with Gasteiger partial charge in [-0.1, -0.05) is 44.3 Å². The first-order valence-corrected chi connectivity index (χ1v) is 8.80. The number of Topliss-reactive ketones (excluding diaryl/α,β-unsaturated/α-hetero) is 1. The van der Waals surface area contributed by atoms with Gasteiger partial charge in [0.1, 0.15) is 5.69 Å². The van der Waals surface area contributed by atoms with Crippen LogP contribution in [0.1, 0.15) is 38.8 Å². The number of carbonyl (C=O) groups excluding carboxylic acids is 2. The normalized spacial score (nSPS) is 22.8. The van der Waals surface area contributed by atoms with Gasteiger partial charge in [-0.25, -0.2) is 0 Å². The van der Waals surface area contributed by atoms with Gasteiger partial charge in [0.05, 0.1) is 12.5 Å². The van der Waals surface area contributed by atoms with Crippen molar-refractivity contribution >= 4 is 28.3 Å². The molecule has 1 fully saturated rings. The average molecular weight is 353 g/mol. The molecule has 0 amide bonds. The Hall–Kier alpha value is -2.69. The van der Waals surface area contributed by atoms with Crippen molar-refractivity contribution in [1.82, 2.24) is 5.16 Å². The minimum atomic E-state index is -0.465. The highest BCUT2D eigenvalue weighted by molar-refractivity contribution is 6.12. The highest BCUT2D eigenvalue weighted by Crippen LogP contribution is 2.41. The second kappa shape index (κ2) is 6.90. The summed E-state index contributed by atoms with van der Waals surface area (Å²) >= 11 is 0. The first-order valence-electron chi connectivity index (χ1n) is 8.80. The fourth-order valence-electron chi connectivity index (χ4n) is 3.42. The third kappa shape index (κ3) is 3.09. The van der Waals surface area contributed by atoms with Crippen LogP contribution in [0.3, 0.4) is 0 Å². The maximum absolute atomic E-state index is 12.8. The minimum Gasteiger partial charge on any atom is -0.465 e. The summed E-state index contributed by atoms with van der Waals surface area (Å²) in [7, 11) is 0. The van der Waals surface area contributed by atoms with E-state index in [0.29, 0.717) is 23.5 Å². The van der Waals surface area contributed by atoms with E-state index in [4.69, 9.17) is 9.26 Å². The molecular formula is C21H23NO4.